The number of rotatable bonds is 5. The molecule has 0 aromatic carbocycles. The zero-order chi connectivity index (χ0) is 9.56. The predicted octanol–water partition coefficient (Wildman–Crippen LogP) is -0.598. The Labute approximate surface area is 74.1 Å². The highest BCUT2D eigenvalue weighted by atomic mass is 16.1. The molecule has 0 aliphatic carbocycles. The van der Waals surface area contributed by atoms with Crippen molar-refractivity contribution in [1.82, 2.24) is 10.2 Å². The molecule has 0 spiro atoms. The van der Waals surface area contributed by atoms with Crippen molar-refractivity contribution in [1.29, 1.82) is 0 Å². The van der Waals surface area contributed by atoms with Crippen molar-refractivity contribution >= 4 is 5.91 Å². The number of hydrogen-bond donors (Lipinski definition) is 2. The van der Waals surface area contributed by atoms with Gasteiger partial charge in [0.05, 0.1) is 0 Å². The van der Waals surface area contributed by atoms with Crippen LogP contribution in [-0.2, 0) is 4.79 Å². The second-order valence-corrected chi connectivity index (χ2v) is 3.33. The van der Waals surface area contributed by atoms with E-state index in [0.29, 0.717) is 13.0 Å². The molecule has 0 rings (SSSR count). The van der Waals surface area contributed by atoms with Crippen molar-refractivity contribution in [3.05, 3.63) is 0 Å². The molecule has 1 unspecified atom stereocenters. The third-order valence-corrected chi connectivity index (χ3v) is 1.39. The molecule has 0 aromatic heterocycles. The lowest BCUT2D eigenvalue weighted by Gasteiger charge is -2.11. The molecule has 3 N–H and O–H groups in total. The van der Waals surface area contributed by atoms with E-state index in [9.17, 15) is 4.79 Å². The van der Waals surface area contributed by atoms with E-state index < -0.39 is 0 Å². The standard InChI is InChI=1S/C8H19N3O/c1-7(9)6-8(12)10-4-5-11(2)3/h7H,4-6,9H2,1-3H3,(H,10,12). The molecule has 0 aliphatic heterocycles. The fourth-order valence-corrected chi connectivity index (χ4v) is 0.784. The third-order valence-electron chi connectivity index (χ3n) is 1.39. The Morgan fingerprint density at radius 3 is 2.58 bits per heavy atom. The molecule has 0 aliphatic rings. The van der Waals surface area contributed by atoms with Crippen molar-refractivity contribution in [3.63, 3.8) is 0 Å². The van der Waals surface area contributed by atoms with Crippen LogP contribution in [0.15, 0.2) is 0 Å². The summed E-state index contributed by atoms with van der Waals surface area (Å²) in [6, 6.07) is -0.0515. The second kappa shape index (κ2) is 5.97. The first-order valence-electron chi connectivity index (χ1n) is 4.19. The molecule has 1 atom stereocenters. The van der Waals surface area contributed by atoms with Gasteiger partial charge in [0.15, 0.2) is 0 Å². The van der Waals surface area contributed by atoms with E-state index in [1.54, 1.807) is 0 Å². The summed E-state index contributed by atoms with van der Waals surface area (Å²) < 4.78 is 0. The van der Waals surface area contributed by atoms with Gasteiger partial charge in [0.25, 0.3) is 0 Å². The number of carbonyl (C=O) groups excluding carboxylic acids is 1. The van der Waals surface area contributed by atoms with Crippen LogP contribution in [0.4, 0.5) is 0 Å². The van der Waals surface area contributed by atoms with Gasteiger partial charge in [-0.1, -0.05) is 0 Å². The van der Waals surface area contributed by atoms with E-state index in [-0.39, 0.29) is 11.9 Å². The minimum atomic E-state index is -0.0515. The van der Waals surface area contributed by atoms with Gasteiger partial charge in [0.2, 0.25) is 5.91 Å². The molecule has 12 heavy (non-hydrogen) atoms. The summed E-state index contributed by atoms with van der Waals surface area (Å²) in [5.41, 5.74) is 5.45. The van der Waals surface area contributed by atoms with Crippen molar-refractivity contribution in [2.75, 3.05) is 27.2 Å². The number of carbonyl (C=O) groups is 1. The summed E-state index contributed by atoms with van der Waals surface area (Å²) in [5, 5.41) is 2.78. The summed E-state index contributed by atoms with van der Waals surface area (Å²) in [6.45, 7) is 3.38. The van der Waals surface area contributed by atoms with Crippen LogP contribution in [-0.4, -0.2) is 44.0 Å². The minimum absolute atomic E-state index is 0.0341. The van der Waals surface area contributed by atoms with Crippen molar-refractivity contribution in [2.24, 2.45) is 5.73 Å². The number of likely N-dealkylation sites (N-methyl/N-ethyl adjacent to an activating group) is 1. The fraction of sp³-hybridized carbons (Fsp3) is 0.875. The van der Waals surface area contributed by atoms with Crippen LogP contribution in [0.5, 0.6) is 0 Å². The van der Waals surface area contributed by atoms with Gasteiger partial charge in [-0.2, -0.15) is 0 Å². The number of nitrogens with one attached hydrogen (secondary N) is 1. The summed E-state index contributed by atoms with van der Waals surface area (Å²) in [6.07, 6.45) is 0.410. The predicted molar refractivity (Wildman–Crippen MR) is 49.8 cm³/mol. The summed E-state index contributed by atoms with van der Waals surface area (Å²) in [7, 11) is 3.94. The molecule has 4 nitrogen and oxygen atoms in total. The van der Waals surface area contributed by atoms with Gasteiger partial charge in [-0.15, -0.1) is 0 Å². The van der Waals surface area contributed by atoms with Gasteiger partial charge in [0, 0.05) is 25.6 Å². The van der Waals surface area contributed by atoms with Crippen LogP contribution in [0.25, 0.3) is 0 Å². The minimum Gasteiger partial charge on any atom is -0.355 e. The first-order valence-corrected chi connectivity index (χ1v) is 4.19. The van der Waals surface area contributed by atoms with E-state index in [1.807, 2.05) is 25.9 Å². The highest BCUT2D eigenvalue weighted by Crippen LogP contribution is 1.84. The van der Waals surface area contributed by atoms with Crippen LogP contribution in [0.3, 0.4) is 0 Å². The Morgan fingerprint density at radius 2 is 2.17 bits per heavy atom. The van der Waals surface area contributed by atoms with Gasteiger partial charge >= 0.3 is 0 Å². The average Bonchev–Trinajstić information content (AvgIpc) is 1.84. The Bertz CT molecular complexity index is 134. The van der Waals surface area contributed by atoms with Crippen LogP contribution in [0.1, 0.15) is 13.3 Å². The lowest BCUT2D eigenvalue weighted by Crippen LogP contribution is -2.34. The normalized spacial score (nSPS) is 13.1. The Hall–Kier alpha value is -0.610. The van der Waals surface area contributed by atoms with Crippen molar-refractivity contribution in [3.8, 4) is 0 Å². The maximum atomic E-state index is 11.0. The molecule has 0 aromatic rings. The number of amides is 1. The number of nitrogens with two attached hydrogens (primary N) is 1. The Morgan fingerprint density at radius 1 is 1.58 bits per heavy atom. The first kappa shape index (κ1) is 11.4. The Kier molecular flexibility index (Phi) is 5.66. The molecule has 0 saturated carbocycles. The fourth-order valence-electron chi connectivity index (χ4n) is 0.784. The zero-order valence-electron chi connectivity index (χ0n) is 8.13. The molecule has 1 amide bonds. The van der Waals surface area contributed by atoms with E-state index in [1.165, 1.54) is 0 Å². The average molecular weight is 173 g/mol. The van der Waals surface area contributed by atoms with Gasteiger partial charge in [0.1, 0.15) is 0 Å². The topological polar surface area (TPSA) is 58.4 Å². The van der Waals surface area contributed by atoms with Gasteiger partial charge < -0.3 is 16.0 Å². The molecule has 0 radical (unpaired) electrons. The zero-order valence-corrected chi connectivity index (χ0v) is 8.13. The molecule has 0 bridgehead atoms. The van der Waals surface area contributed by atoms with Crippen LogP contribution < -0.4 is 11.1 Å². The van der Waals surface area contributed by atoms with Gasteiger partial charge in [-0.3, -0.25) is 4.79 Å². The van der Waals surface area contributed by atoms with Crippen LogP contribution >= 0.6 is 0 Å². The summed E-state index contributed by atoms with van der Waals surface area (Å²) in [4.78, 5) is 13.0. The summed E-state index contributed by atoms with van der Waals surface area (Å²) in [5.74, 6) is 0.0341. The molecule has 0 heterocycles. The highest BCUT2D eigenvalue weighted by Gasteiger charge is 2.03. The Balaban J connectivity index is 3.32. The SMILES string of the molecule is CC(N)CC(=O)NCCN(C)C. The van der Waals surface area contributed by atoms with Crippen LogP contribution in [0, 0.1) is 0 Å². The first-order chi connectivity index (χ1) is 5.52. The monoisotopic (exact) mass is 173 g/mol. The molecule has 72 valence electrons. The van der Waals surface area contributed by atoms with E-state index in [2.05, 4.69) is 5.32 Å². The van der Waals surface area contributed by atoms with Crippen molar-refractivity contribution < 1.29 is 4.79 Å². The number of hydrogen-bond acceptors (Lipinski definition) is 3. The number of nitrogens with zero attached hydrogens (tertiary/aromatic N) is 1. The molecular formula is C8H19N3O. The van der Waals surface area contributed by atoms with E-state index >= 15 is 0 Å². The quantitative estimate of drug-likeness (QED) is 0.584. The lowest BCUT2D eigenvalue weighted by molar-refractivity contribution is -0.121. The van der Waals surface area contributed by atoms with E-state index in [4.69, 9.17) is 5.73 Å². The molecule has 0 saturated heterocycles. The van der Waals surface area contributed by atoms with Crippen molar-refractivity contribution in [2.45, 2.75) is 19.4 Å². The smallest absolute Gasteiger partial charge is 0.221 e. The molecule has 4 heteroatoms. The lowest BCUT2D eigenvalue weighted by atomic mass is 10.2. The van der Waals surface area contributed by atoms with Crippen LogP contribution in [0.2, 0.25) is 0 Å². The maximum absolute atomic E-state index is 11.0. The molecule has 0 fully saturated rings. The van der Waals surface area contributed by atoms with Gasteiger partial charge in [-0.25, -0.2) is 0 Å². The maximum Gasteiger partial charge on any atom is 0.221 e. The second-order valence-electron chi connectivity index (χ2n) is 3.33. The molecular weight excluding hydrogens is 154 g/mol. The largest absolute Gasteiger partial charge is 0.355 e. The highest BCUT2D eigenvalue weighted by molar-refractivity contribution is 5.76. The van der Waals surface area contributed by atoms with E-state index in [0.717, 1.165) is 6.54 Å². The van der Waals surface area contributed by atoms with Gasteiger partial charge in [-0.05, 0) is 21.0 Å². The summed E-state index contributed by atoms with van der Waals surface area (Å²) >= 11 is 0. The third kappa shape index (κ3) is 7.50.